The predicted molar refractivity (Wildman–Crippen MR) is 90.7 cm³/mol. The number of anilines is 2. The molecule has 0 bridgehead atoms. The quantitative estimate of drug-likeness (QED) is 0.552. The molecule has 0 spiro atoms. The SMILES string of the molecule is COCCNc1nncc(NCCc2c[nH]c3ccccc23)n1. The van der Waals surface area contributed by atoms with E-state index < -0.39 is 0 Å². The Morgan fingerprint density at radius 1 is 1.17 bits per heavy atom. The van der Waals surface area contributed by atoms with Crippen LogP contribution < -0.4 is 10.6 Å². The highest BCUT2D eigenvalue weighted by Gasteiger charge is 2.03. The third-order valence-corrected chi connectivity index (χ3v) is 3.52. The Bertz CT molecular complexity index is 757. The molecule has 3 aromatic rings. The van der Waals surface area contributed by atoms with Crippen LogP contribution in [0.5, 0.6) is 0 Å². The summed E-state index contributed by atoms with van der Waals surface area (Å²) in [6.07, 6.45) is 4.58. The van der Waals surface area contributed by atoms with Gasteiger partial charge in [0.15, 0.2) is 5.82 Å². The number of nitrogens with zero attached hydrogens (tertiary/aromatic N) is 3. The van der Waals surface area contributed by atoms with Crippen LogP contribution >= 0.6 is 0 Å². The Morgan fingerprint density at radius 2 is 2.09 bits per heavy atom. The molecule has 0 amide bonds. The predicted octanol–water partition coefficient (Wildman–Crippen LogP) is 2.07. The van der Waals surface area contributed by atoms with Crippen molar-refractivity contribution in [2.75, 3.05) is 37.4 Å². The molecule has 3 rings (SSSR count). The molecule has 2 aromatic heterocycles. The van der Waals surface area contributed by atoms with Gasteiger partial charge in [0.1, 0.15) is 0 Å². The molecule has 0 fully saturated rings. The summed E-state index contributed by atoms with van der Waals surface area (Å²) >= 11 is 0. The maximum absolute atomic E-state index is 4.98. The maximum atomic E-state index is 4.98. The fourth-order valence-corrected chi connectivity index (χ4v) is 2.39. The Morgan fingerprint density at radius 3 is 3.00 bits per heavy atom. The molecular weight excluding hydrogens is 292 g/mol. The van der Waals surface area contributed by atoms with E-state index in [1.165, 1.54) is 10.9 Å². The Balaban J connectivity index is 1.55. The van der Waals surface area contributed by atoms with Gasteiger partial charge in [0, 0.05) is 37.3 Å². The van der Waals surface area contributed by atoms with Crippen molar-refractivity contribution in [3.8, 4) is 0 Å². The number of methoxy groups -OCH3 is 1. The third kappa shape index (κ3) is 3.95. The average Bonchev–Trinajstić information content (AvgIpc) is 2.99. The number of rotatable bonds is 8. The Labute approximate surface area is 134 Å². The minimum atomic E-state index is 0.499. The highest BCUT2D eigenvalue weighted by atomic mass is 16.5. The lowest BCUT2D eigenvalue weighted by molar-refractivity contribution is 0.210. The molecule has 0 atom stereocenters. The molecule has 3 N–H and O–H groups in total. The number of hydrogen-bond donors (Lipinski definition) is 3. The number of aromatic nitrogens is 4. The molecule has 0 saturated heterocycles. The van der Waals surface area contributed by atoms with Crippen molar-refractivity contribution in [2.45, 2.75) is 6.42 Å². The first-order chi connectivity index (χ1) is 11.4. The number of para-hydroxylation sites is 1. The molecule has 2 heterocycles. The molecule has 0 aliphatic heterocycles. The van der Waals surface area contributed by atoms with E-state index in [1.807, 2.05) is 6.07 Å². The summed E-state index contributed by atoms with van der Waals surface area (Å²) in [5, 5.41) is 15.5. The van der Waals surface area contributed by atoms with Gasteiger partial charge in [0.05, 0.1) is 12.8 Å². The maximum Gasteiger partial charge on any atom is 0.244 e. The van der Waals surface area contributed by atoms with Gasteiger partial charge in [0.2, 0.25) is 5.95 Å². The topological polar surface area (TPSA) is 87.8 Å². The molecule has 0 aliphatic carbocycles. The summed E-state index contributed by atoms with van der Waals surface area (Å²) in [7, 11) is 1.66. The number of nitrogens with one attached hydrogen (secondary N) is 3. The molecule has 0 aliphatic rings. The summed E-state index contributed by atoms with van der Waals surface area (Å²) in [5.74, 6) is 1.21. The molecule has 0 saturated carbocycles. The molecule has 23 heavy (non-hydrogen) atoms. The van der Waals surface area contributed by atoms with Crippen LogP contribution in [0.25, 0.3) is 10.9 Å². The van der Waals surface area contributed by atoms with Gasteiger partial charge in [-0.2, -0.15) is 10.1 Å². The van der Waals surface area contributed by atoms with Crippen molar-refractivity contribution in [1.29, 1.82) is 0 Å². The summed E-state index contributed by atoms with van der Waals surface area (Å²) in [6, 6.07) is 8.30. The first-order valence-electron chi connectivity index (χ1n) is 7.58. The second kappa shape index (κ2) is 7.55. The molecule has 120 valence electrons. The number of fused-ring (bicyclic) bond motifs is 1. The third-order valence-electron chi connectivity index (χ3n) is 3.52. The van der Waals surface area contributed by atoms with Crippen molar-refractivity contribution in [3.05, 3.63) is 42.2 Å². The summed E-state index contributed by atoms with van der Waals surface area (Å²) in [6.45, 7) is 2.02. The zero-order chi connectivity index (χ0) is 15.9. The molecular formula is C16H20N6O. The Hall–Kier alpha value is -2.67. The van der Waals surface area contributed by atoms with E-state index >= 15 is 0 Å². The first-order valence-corrected chi connectivity index (χ1v) is 7.58. The average molecular weight is 312 g/mol. The zero-order valence-corrected chi connectivity index (χ0v) is 13.0. The number of aromatic amines is 1. The van der Waals surface area contributed by atoms with Crippen molar-refractivity contribution in [3.63, 3.8) is 0 Å². The molecule has 7 heteroatoms. The fraction of sp³-hybridized carbons (Fsp3) is 0.312. The van der Waals surface area contributed by atoms with E-state index in [2.05, 4.69) is 55.2 Å². The largest absolute Gasteiger partial charge is 0.383 e. The Kier molecular flexibility index (Phi) is 5.00. The lowest BCUT2D eigenvalue weighted by atomic mass is 10.1. The van der Waals surface area contributed by atoms with Gasteiger partial charge < -0.3 is 20.4 Å². The van der Waals surface area contributed by atoms with Crippen LogP contribution in [0.1, 0.15) is 5.56 Å². The van der Waals surface area contributed by atoms with Crippen LogP contribution in [0.2, 0.25) is 0 Å². The van der Waals surface area contributed by atoms with Gasteiger partial charge in [0.25, 0.3) is 0 Å². The molecule has 0 radical (unpaired) electrons. The smallest absolute Gasteiger partial charge is 0.244 e. The van der Waals surface area contributed by atoms with Crippen molar-refractivity contribution >= 4 is 22.7 Å². The first kappa shape index (κ1) is 15.2. The van der Waals surface area contributed by atoms with Gasteiger partial charge in [-0.15, -0.1) is 5.10 Å². The zero-order valence-electron chi connectivity index (χ0n) is 13.0. The van der Waals surface area contributed by atoms with Gasteiger partial charge >= 0.3 is 0 Å². The van der Waals surface area contributed by atoms with Crippen LogP contribution in [-0.2, 0) is 11.2 Å². The highest BCUT2D eigenvalue weighted by Crippen LogP contribution is 2.18. The summed E-state index contributed by atoms with van der Waals surface area (Å²) < 4.78 is 4.98. The number of H-pyrrole nitrogens is 1. The second-order valence-corrected chi connectivity index (χ2v) is 5.12. The molecule has 0 unspecified atom stereocenters. The van der Waals surface area contributed by atoms with E-state index in [-0.39, 0.29) is 0 Å². The molecule has 7 nitrogen and oxygen atoms in total. The van der Waals surface area contributed by atoms with E-state index in [0.29, 0.717) is 24.9 Å². The van der Waals surface area contributed by atoms with Crippen molar-refractivity contribution in [1.82, 2.24) is 20.2 Å². The van der Waals surface area contributed by atoms with E-state index in [4.69, 9.17) is 4.74 Å². The van der Waals surface area contributed by atoms with Crippen LogP contribution in [0.15, 0.2) is 36.7 Å². The lowest BCUT2D eigenvalue weighted by Gasteiger charge is -2.07. The van der Waals surface area contributed by atoms with Crippen LogP contribution in [0.4, 0.5) is 11.8 Å². The second-order valence-electron chi connectivity index (χ2n) is 5.12. The lowest BCUT2D eigenvalue weighted by Crippen LogP contribution is -2.13. The van der Waals surface area contributed by atoms with Crippen molar-refractivity contribution in [2.24, 2.45) is 0 Å². The normalized spacial score (nSPS) is 10.8. The van der Waals surface area contributed by atoms with E-state index in [9.17, 15) is 0 Å². The minimum Gasteiger partial charge on any atom is -0.383 e. The monoisotopic (exact) mass is 312 g/mol. The van der Waals surface area contributed by atoms with E-state index in [1.54, 1.807) is 13.3 Å². The summed E-state index contributed by atoms with van der Waals surface area (Å²) in [4.78, 5) is 7.65. The number of ether oxygens (including phenoxy) is 1. The standard InChI is InChI=1S/C16H20N6O/c1-23-9-8-18-16-21-15(11-20-22-16)17-7-6-12-10-19-14-5-3-2-4-13(12)14/h2-5,10-11,19H,6-9H2,1H3,(H2,17,18,21,22). The van der Waals surface area contributed by atoms with Gasteiger partial charge in [-0.3, -0.25) is 0 Å². The highest BCUT2D eigenvalue weighted by molar-refractivity contribution is 5.83. The summed E-state index contributed by atoms with van der Waals surface area (Å²) in [5.41, 5.74) is 2.45. The van der Waals surface area contributed by atoms with Gasteiger partial charge in [-0.1, -0.05) is 18.2 Å². The van der Waals surface area contributed by atoms with Crippen LogP contribution in [0, 0.1) is 0 Å². The van der Waals surface area contributed by atoms with Crippen LogP contribution in [-0.4, -0.2) is 47.0 Å². The molecule has 1 aromatic carbocycles. The van der Waals surface area contributed by atoms with E-state index in [0.717, 1.165) is 18.5 Å². The van der Waals surface area contributed by atoms with Gasteiger partial charge in [-0.05, 0) is 18.1 Å². The van der Waals surface area contributed by atoms with Crippen molar-refractivity contribution < 1.29 is 4.74 Å². The number of hydrogen-bond acceptors (Lipinski definition) is 6. The minimum absolute atomic E-state index is 0.499. The fourth-order valence-electron chi connectivity index (χ4n) is 2.39. The number of benzene rings is 1. The van der Waals surface area contributed by atoms with Gasteiger partial charge in [-0.25, -0.2) is 0 Å². The van der Waals surface area contributed by atoms with Crippen LogP contribution in [0.3, 0.4) is 0 Å².